The Hall–Kier alpha value is -2.28. The normalized spacial score (nSPS) is 17.4. The van der Waals surface area contributed by atoms with Crippen LogP contribution >= 0.6 is 0 Å². The van der Waals surface area contributed by atoms with Crippen LogP contribution in [0.15, 0.2) is 66.6 Å². The lowest BCUT2D eigenvalue weighted by molar-refractivity contribution is 0.589. The standard InChI is InChI=1S/C25H33N/c1-7-12-16-21(10-4)26-22(11-5)18-20-15-13-17-23(19(6)9-3)25(20)24(26)14-8-2/h7,10,12-19H,4,8-9,11H2,1-3,5-6H3/b12-7-,21-16+,24-14+. The van der Waals surface area contributed by atoms with Gasteiger partial charge in [0, 0.05) is 22.7 Å². The molecule has 2 rings (SSSR count). The minimum Gasteiger partial charge on any atom is -0.314 e. The zero-order valence-corrected chi connectivity index (χ0v) is 17.0. The van der Waals surface area contributed by atoms with Gasteiger partial charge in [-0.2, -0.15) is 0 Å². The van der Waals surface area contributed by atoms with Crippen LogP contribution in [0.4, 0.5) is 0 Å². The van der Waals surface area contributed by atoms with Crippen molar-refractivity contribution in [2.24, 2.45) is 0 Å². The Kier molecular flexibility index (Phi) is 7.26. The molecule has 0 aliphatic carbocycles. The molecule has 1 aliphatic rings. The summed E-state index contributed by atoms with van der Waals surface area (Å²) in [6, 6.07) is 6.75. The van der Waals surface area contributed by atoms with Crippen LogP contribution in [0.25, 0.3) is 11.8 Å². The number of hydrogen-bond donors (Lipinski definition) is 0. The molecular formula is C25H33N. The Morgan fingerprint density at radius 1 is 1.23 bits per heavy atom. The second-order valence-electron chi connectivity index (χ2n) is 6.76. The van der Waals surface area contributed by atoms with E-state index < -0.39 is 0 Å². The summed E-state index contributed by atoms with van der Waals surface area (Å²) in [4.78, 5) is 2.39. The average molecular weight is 348 g/mol. The van der Waals surface area contributed by atoms with Crippen molar-refractivity contribution >= 4 is 11.8 Å². The molecule has 1 heteroatoms. The number of fused-ring (bicyclic) bond motifs is 1. The lowest BCUT2D eigenvalue weighted by Crippen LogP contribution is -2.24. The summed E-state index contributed by atoms with van der Waals surface area (Å²) in [5.74, 6) is 0.537. The highest BCUT2D eigenvalue weighted by molar-refractivity contribution is 5.83. The summed E-state index contributed by atoms with van der Waals surface area (Å²) in [5, 5.41) is 0. The molecule has 1 atom stereocenters. The zero-order chi connectivity index (χ0) is 19.1. The van der Waals surface area contributed by atoms with E-state index >= 15 is 0 Å². The molecule has 0 amide bonds. The Morgan fingerprint density at radius 2 is 2.00 bits per heavy atom. The maximum absolute atomic E-state index is 4.08. The van der Waals surface area contributed by atoms with Crippen molar-refractivity contribution in [1.29, 1.82) is 0 Å². The van der Waals surface area contributed by atoms with Crippen LogP contribution in [0, 0.1) is 0 Å². The molecule has 1 unspecified atom stereocenters. The van der Waals surface area contributed by atoms with Gasteiger partial charge in [0.05, 0.1) is 0 Å². The third-order valence-electron chi connectivity index (χ3n) is 5.07. The van der Waals surface area contributed by atoms with Crippen molar-refractivity contribution in [2.45, 2.75) is 59.8 Å². The fourth-order valence-electron chi connectivity index (χ4n) is 3.53. The number of nitrogens with zero attached hydrogens (tertiary/aromatic N) is 1. The van der Waals surface area contributed by atoms with Gasteiger partial charge in [-0.3, -0.25) is 0 Å². The zero-order valence-electron chi connectivity index (χ0n) is 17.0. The third-order valence-corrected chi connectivity index (χ3v) is 5.07. The van der Waals surface area contributed by atoms with E-state index in [2.05, 4.69) is 87.8 Å². The van der Waals surface area contributed by atoms with Crippen LogP contribution in [0.5, 0.6) is 0 Å². The lowest BCUT2D eigenvalue weighted by atomic mass is 9.85. The average Bonchev–Trinajstić information content (AvgIpc) is 2.68. The highest BCUT2D eigenvalue weighted by Gasteiger charge is 2.27. The fourth-order valence-corrected chi connectivity index (χ4v) is 3.53. The van der Waals surface area contributed by atoms with Crippen LogP contribution in [-0.4, -0.2) is 4.90 Å². The molecule has 0 fully saturated rings. The first-order chi connectivity index (χ1) is 12.6. The molecule has 1 aromatic carbocycles. The molecule has 0 spiro atoms. The molecule has 0 aromatic heterocycles. The van der Waals surface area contributed by atoms with Crippen molar-refractivity contribution in [3.05, 3.63) is 83.2 Å². The summed E-state index contributed by atoms with van der Waals surface area (Å²) in [7, 11) is 0. The second kappa shape index (κ2) is 9.43. The van der Waals surface area contributed by atoms with E-state index in [1.807, 2.05) is 13.0 Å². The Balaban J connectivity index is 2.78. The molecule has 1 heterocycles. The monoisotopic (exact) mass is 347 g/mol. The molecule has 0 radical (unpaired) electrons. The SMILES string of the molecule is C=C/C(=C\C=C/C)N1C(CC)=Cc2cccc(C(C)CC)c2/C1=C\CC. The topological polar surface area (TPSA) is 3.24 Å². The Bertz CT molecular complexity index is 758. The number of allylic oxidation sites excluding steroid dienone is 6. The predicted molar refractivity (Wildman–Crippen MR) is 117 cm³/mol. The molecule has 0 saturated heterocycles. The quantitative estimate of drug-likeness (QED) is 0.457. The first kappa shape index (κ1) is 20.0. The predicted octanol–water partition coefficient (Wildman–Crippen LogP) is 7.66. The van der Waals surface area contributed by atoms with Gasteiger partial charge >= 0.3 is 0 Å². The van der Waals surface area contributed by atoms with Gasteiger partial charge in [-0.15, -0.1) is 0 Å². The molecule has 1 aliphatic heterocycles. The minimum absolute atomic E-state index is 0.537. The largest absolute Gasteiger partial charge is 0.314 e. The molecule has 1 nitrogen and oxygen atoms in total. The molecule has 138 valence electrons. The van der Waals surface area contributed by atoms with Gasteiger partial charge in [-0.05, 0) is 61.5 Å². The summed E-state index contributed by atoms with van der Waals surface area (Å²) < 4.78 is 0. The van der Waals surface area contributed by atoms with E-state index in [-0.39, 0.29) is 0 Å². The summed E-state index contributed by atoms with van der Waals surface area (Å²) >= 11 is 0. The molecule has 0 N–H and O–H groups in total. The summed E-state index contributed by atoms with van der Waals surface area (Å²) in [6.07, 6.45) is 16.1. The van der Waals surface area contributed by atoms with E-state index in [1.165, 1.54) is 28.1 Å². The fraction of sp³-hybridized carbons (Fsp3) is 0.360. The van der Waals surface area contributed by atoms with E-state index in [1.54, 1.807) is 0 Å². The lowest BCUT2D eigenvalue weighted by Gasteiger charge is -2.36. The summed E-state index contributed by atoms with van der Waals surface area (Å²) in [6.45, 7) is 15.2. The minimum atomic E-state index is 0.537. The Morgan fingerprint density at radius 3 is 2.58 bits per heavy atom. The highest BCUT2D eigenvalue weighted by Crippen LogP contribution is 2.42. The molecule has 1 aromatic rings. The van der Waals surface area contributed by atoms with Crippen molar-refractivity contribution in [2.75, 3.05) is 0 Å². The van der Waals surface area contributed by atoms with Crippen molar-refractivity contribution < 1.29 is 0 Å². The van der Waals surface area contributed by atoms with Crippen molar-refractivity contribution in [1.82, 2.24) is 4.90 Å². The van der Waals surface area contributed by atoms with Crippen LogP contribution in [0.1, 0.15) is 76.5 Å². The van der Waals surface area contributed by atoms with E-state index in [9.17, 15) is 0 Å². The van der Waals surface area contributed by atoms with Crippen LogP contribution in [0.2, 0.25) is 0 Å². The number of hydrogen-bond acceptors (Lipinski definition) is 1. The van der Waals surface area contributed by atoms with Crippen molar-refractivity contribution in [3.63, 3.8) is 0 Å². The smallest absolute Gasteiger partial charge is 0.0499 e. The third kappa shape index (κ3) is 3.93. The first-order valence-corrected chi connectivity index (χ1v) is 9.92. The van der Waals surface area contributed by atoms with Gasteiger partial charge in [0.1, 0.15) is 0 Å². The summed E-state index contributed by atoms with van der Waals surface area (Å²) in [5.41, 5.74) is 7.90. The van der Waals surface area contributed by atoms with Crippen LogP contribution < -0.4 is 0 Å². The van der Waals surface area contributed by atoms with E-state index in [4.69, 9.17) is 0 Å². The molecule has 0 bridgehead atoms. The van der Waals surface area contributed by atoms with Gasteiger partial charge in [0.25, 0.3) is 0 Å². The van der Waals surface area contributed by atoms with Gasteiger partial charge in [0.15, 0.2) is 0 Å². The van der Waals surface area contributed by atoms with Crippen LogP contribution in [0.3, 0.4) is 0 Å². The highest BCUT2D eigenvalue weighted by atomic mass is 15.2. The van der Waals surface area contributed by atoms with E-state index in [0.29, 0.717) is 5.92 Å². The second-order valence-corrected chi connectivity index (χ2v) is 6.76. The van der Waals surface area contributed by atoms with Gasteiger partial charge < -0.3 is 4.90 Å². The molecular weight excluding hydrogens is 314 g/mol. The maximum Gasteiger partial charge on any atom is 0.0499 e. The number of rotatable bonds is 7. The molecule has 26 heavy (non-hydrogen) atoms. The maximum atomic E-state index is 4.08. The van der Waals surface area contributed by atoms with Crippen LogP contribution in [-0.2, 0) is 0 Å². The number of benzene rings is 1. The van der Waals surface area contributed by atoms with Gasteiger partial charge in [0.2, 0.25) is 0 Å². The van der Waals surface area contributed by atoms with Gasteiger partial charge in [-0.1, -0.05) is 70.7 Å². The van der Waals surface area contributed by atoms with E-state index in [0.717, 1.165) is 25.0 Å². The Labute approximate surface area is 160 Å². The van der Waals surface area contributed by atoms with Gasteiger partial charge in [-0.25, -0.2) is 0 Å². The first-order valence-electron chi connectivity index (χ1n) is 9.92. The molecule has 0 saturated carbocycles. The van der Waals surface area contributed by atoms with Crippen molar-refractivity contribution in [3.8, 4) is 0 Å².